The fourth-order valence-corrected chi connectivity index (χ4v) is 9.39. The number of fused-ring (bicyclic) bond motifs is 1. The molecule has 3 heterocycles. The van der Waals surface area contributed by atoms with Gasteiger partial charge in [-0.05, 0) is 94.3 Å². The van der Waals surface area contributed by atoms with Gasteiger partial charge >= 0.3 is 0 Å². The van der Waals surface area contributed by atoms with Crippen molar-refractivity contribution in [2.45, 2.75) is 82.7 Å². The number of piperidine rings is 1. The van der Waals surface area contributed by atoms with Crippen LogP contribution in [0.2, 0.25) is 0 Å². The summed E-state index contributed by atoms with van der Waals surface area (Å²) in [5, 5.41) is 4.76. The van der Waals surface area contributed by atoms with Gasteiger partial charge in [-0.3, -0.25) is 19.3 Å². The maximum Gasteiger partial charge on any atom is 0.274 e. The highest BCUT2D eigenvalue weighted by molar-refractivity contribution is 5.94. The Kier molecular flexibility index (Phi) is 5.54. The van der Waals surface area contributed by atoms with E-state index < -0.39 is 0 Å². The number of carbonyl (C=O) groups excluding carboxylic acids is 1. The summed E-state index contributed by atoms with van der Waals surface area (Å²) in [6.45, 7) is 6.73. The molecular formula is C28H43N5O. The van der Waals surface area contributed by atoms with Crippen LogP contribution in [0.3, 0.4) is 0 Å². The lowest BCUT2D eigenvalue weighted by atomic mass is 9.54. The number of carbonyl (C=O) groups is 1. The van der Waals surface area contributed by atoms with Crippen molar-refractivity contribution in [1.29, 1.82) is 0 Å². The summed E-state index contributed by atoms with van der Waals surface area (Å²) >= 11 is 0. The minimum atomic E-state index is 0.184. The molecule has 1 atom stereocenters. The zero-order chi connectivity index (χ0) is 22.8. The molecule has 1 aromatic rings. The van der Waals surface area contributed by atoms with Gasteiger partial charge in [0.1, 0.15) is 0 Å². The van der Waals surface area contributed by atoms with Gasteiger partial charge in [-0.25, -0.2) is 0 Å². The Morgan fingerprint density at radius 2 is 1.47 bits per heavy atom. The first kappa shape index (κ1) is 21.8. The van der Waals surface area contributed by atoms with Crippen LogP contribution in [0.5, 0.6) is 0 Å². The Bertz CT molecular complexity index is 897. The molecule has 0 N–H and O–H groups in total. The Labute approximate surface area is 205 Å². The summed E-state index contributed by atoms with van der Waals surface area (Å²) in [5.74, 6) is 4.32. The summed E-state index contributed by atoms with van der Waals surface area (Å²) in [4.78, 5) is 21.1. The minimum Gasteiger partial charge on any atom is -0.337 e. The summed E-state index contributed by atoms with van der Waals surface area (Å²) < 4.78 is 2.01. The van der Waals surface area contributed by atoms with E-state index in [9.17, 15) is 4.79 Å². The summed E-state index contributed by atoms with van der Waals surface area (Å²) in [7, 11) is 2.04. The third-order valence-corrected chi connectivity index (χ3v) is 10.7. The van der Waals surface area contributed by atoms with Gasteiger partial charge in [-0.15, -0.1) is 0 Å². The largest absolute Gasteiger partial charge is 0.337 e. The highest BCUT2D eigenvalue weighted by atomic mass is 16.2. The first-order valence-electron chi connectivity index (χ1n) is 14.5. The van der Waals surface area contributed by atoms with Crippen LogP contribution in [0.25, 0.3) is 0 Å². The Hall–Kier alpha value is -1.40. The van der Waals surface area contributed by atoms with E-state index in [4.69, 9.17) is 5.10 Å². The molecular weight excluding hydrogens is 422 g/mol. The lowest BCUT2D eigenvalue weighted by Gasteiger charge is -2.58. The zero-order valence-electron chi connectivity index (χ0n) is 21.1. The van der Waals surface area contributed by atoms with Crippen LogP contribution in [0.4, 0.5) is 0 Å². The molecule has 0 aromatic carbocycles. The molecule has 1 aromatic heterocycles. The SMILES string of the molecule is Cn1nc(C(=O)N2CCCCC2)c2c1CC[C@@H](N1CCN(C3C4CC5CC(C4)CC3C5)CC1)C2. The molecule has 8 rings (SSSR count). The summed E-state index contributed by atoms with van der Waals surface area (Å²) in [5.41, 5.74) is 3.33. The molecule has 0 unspecified atom stereocenters. The topological polar surface area (TPSA) is 44.6 Å². The fraction of sp³-hybridized carbons (Fsp3) is 0.857. The monoisotopic (exact) mass is 465 g/mol. The fourth-order valence-electron chi connectivity index (χ4n) is 9.39. The van der Waals surface area contributed by atoms with Gasteiger partial charge in [0.15, 0.2) is 5.69 Å². The Balaban J connectivity index is 1.02. The van der Waals surface area contributed by atoms with Crippen LogP contribution in [0, 0.1) is 23.7 Å². The second kappa shape index (κ2) is 8.62. The van der Waals surface area contributed by atoms with E-state index in [1.807, 2.05) is 11.7 Å². The van der Waals surface area contributed by atoms with Crippen LogP contribution in [-0.4, -0.2) is 81.7 Å². The zero-order valence-corrected chi connectivity index (χ0v) is 21.1. The van der Waals surface area contributed by atoms with E-state index >= 15 is 0 Å². The molecule has 1 amide bonds. The van der Waals surface area contributed by atoms with Crippen LogP contribution in [0.1, 0.15) is 79.5 Å². The second-order valence-corrected chi connectivity index (χ2v) is 12.6. The van der Waals surface area contributed by atoms with E-state index in [1.165, 1.54) is 76.0 Å². The van der Waals surface area contributed by atoms with Crippen molar-refractivity contribution < 1.29 is 4.79 Å². The van der Waals surface area contributed by atoms with Crippen molar-refractivity contribution >= 4 is 5.91 Å². The van der Waals surface area contributed by atoms with Crippen LogP contribution >= 0.6 is 0 Å². The Morgan fingerprint density at radius 3 is 2.15 bits per heavy atom. The molecule has 2 aliphatic heterocycles. The molecule has 0 spiro atoms. The molecule has 6 heteroatoms. The number of amides is 1. The number of aromatic nitrogens is 2. The molecule has 4 bridgehead atoms. The Morgan fingerprint density at radius 1 is 0.824 bits per heavy atom. The maximum atomic E-state index is 13.3. The molecule has 2 saturated heterocycles. The van der Waals surface area contributed by atoms with Crippen molar-refractivity contribution in [2.24, 2.45) is 30.7 Å². The van der Waals surface area contributed by atoms with Gasteiger partial charge in [0.25, 0.3) is 5.91 Å². The number of likely N-dealkylation sites (tertiary alicyclic amines) is 1. The first-order chi connectivity index (χ1) is 16.6. The molecule has 6 nitrogen and oxygen atoms in total. The number of nitrogens with zero attached hydrogens (tertiary/aromatic N) is 5. The standard InChI is InChI=1S/C28H43N5O/c1-30-25-6-5-23(18-24(25)26(29-30)28(34)33-7-3-2-4-8-33)31-9-11-32(12-10-31)27-21-14-19-13-20(16-21)17-22(27)15-19/h19-23,27H,2-18H2,1H3/t19?,20?,21?,22?,23-,27?/m1/s1. The number of hydrogen-bond donors (Lipinski definition) is 0. The van der Waals surface area contributed by atoms with Crippen LogP contribution < -0.4 is 0 Å². The van der Waals surface area contributed by atoms with Crippen molar-refractivity contribution in [1.82, 2.24) is 24.5 Å². The number of rotatable bonds is 3. The van der Waals surface area contributed by atoms with Gasteiger partial charge in [-0.1, -0.05) is 0 Å². The average Bonchev–Trinajstić information content (AvgIpc) is 3.19. The molecule has 4 saturated carbocycles. The number of hydrogen-bond acceptors (Lipinski definition) is 4. The predicted octanol–water partition coefficient (Wildman–Crippen LogP) is 3.35. The third-order valence-electron chi connectivity index (χ3n) is 10.7. The van der Waals surface area contributed by atoms with Gasteiger partial charge in [0, 0.05) is 69.7 Å². The normalized spacial score (nSPS) is 38.3. The van der Waals surface area contributed by atoms with E-state index in [0.29, 0.717) is 6.04 Å². The highest BCUT2D eigenvalue weighted by Crippen LogP contribution is 2.55. The molecule has 7 aliphatic rings. The van der Waals surface area contributed by atoms with E-state index in [-0.39, 0.29) is 5.91 Å². The van der Waals surface area contributed by atoms with Crippen molar-refractivity contribution in [3.63, 3.8) is 0 Å². The minimum absolute atomic E-state index is 0.184. The summed E-state index contributed by atoms with van der Waals surface area (Å²) in [6, 6.07) is 1.46. The van der Waals surface area contributed by atoms with Gasteiger partial charge in [-0.2, -0.15) is 5.10 Å². The smallest absolute Gasteiger partial charge is 0.274 e. The van der Waals surface area contributed by atoms with Crippen molar-refractivity contribution in [3.05, 3.63) is 17.0 Å². The quantitative estimate of drug-likeness (QED) is 0.687. The van der Waals surface area contributed by atoms with Gasteiger partial charge < -0.3 is 4.90 Å². The molecule has 5 aliphatic carbocycles. The second-order valence-electron chi connectivity index (χ2n) is 12.6. The van der Waals surface area contributed by atoms with Crippen molar-refractivity contribution in [3.8, 4) is 0 Å². The molecule has 34 heavy (non-hydrogen) atoms. The van der Waals surface area contributed by atoms with Gasteiger partial charge in [0.05, 0.1) is 0 Å². The lowest BCUT2D eigenvalue weighted by molar-refractivity contribution is -0.0794. The third kappa shape index (κ3) is 3.66. The van der Waals surface area contributed by atoms with Crippen LogP contribution in [0.15, 0.2) is 0 Å². The summed E-state index contributed by atoms with van der Waals surface area (Å²) in [6.07, 6.45) is 14.5. The number of piperazine rings is 1. The predicted molar refractivity (Wildman–Crippen MR) is 133 cm³/mol. The lowest BCUT2D eigenvalue weighted by Crippen LogP contribution is -2.61. The molecule has 0 radical (unpaired) electrons. The molecule has 186 valence electrons. The first-order valence-corrected chi connectivity index (χ1v) is 14.5. The van der Waals surface area contributed by atoms with E-state index in [0.717, 1.165) is 74.2 Å². The number of aryl methyl sites for hydroxylation is 1. The van der Waals surface area contributed by atoms with Gasteiger partial charge in [0.2, 0.25) is 0 Å². The van der Waals surface area contributed by atoms with Crippen molar-refractivity contribution in [2.75, 3.05) is 39.3 Å². The van der Waals surface area contributed by atoms with E-state index in [1.54, 1.807) is 6.42 Å². The molecule has 6 fully saturated rings. The van der Waals surface area contributed by atoms with Crippen LogP contribution in [-0.2, 0) is 19.9 Å². The maximum absolute atomic E-state index is 13.3. The average molecular weight is 466 g/mol. The highest BCUT2D eigenvalue weighted by Gasteiger charge is 2.50. The van der Waals surface area contributed by atoms with E-state index in [2.05, 4.69) is 14.7 Å².